The molecule has 0 aromatic rings. The summed E-state index contributed by atoms with van der Waals surface area (Å²) < 4.78 is 4.29. The average Bonchev–Trinajstić information content (AvgIpc) is 2.90. The lowest BCUT2D eigenvalue weighted by molar-refractivity contribution is -0.780. The maximum atomic E-state index is 12.9. The standard InChI is InChI=1S/C18H30N4O4/c1-13(2)8-9-15(23)16-20-22(12-14(3)4,18(25)26-16)17(24)19-21-10-6-5-7-11-21/h13-14H,5-12H2,1-4H3/p+1. The molecule has 0 aliphatic carbocycles. The van der Waals surface area contributed by atoms with Crippen LogP contribution in [0.1, 0.15) is 59.8 Å². The number of urea groups is 1. The summed E-state index contributed by atoms with van der Waals surface area (Å²) >= 11 is 0. The summed E-state index contributed by atoms with van der Waals surface area (Å²) in [5.74, 6) is -0.204. The molecule has 0 aromatic heterocycles. The number of carbonyl (C=O) groups excluding carboxylic acids is 3. The van der Waals surface area contributed by atoms with Crippen molar-refractivity contribution in [1.29, 1.82) is 0 Å². The number of hydrogen-bond acceptors (Lipinski definition) is 6. The van der Waals surface area contributed by atoms with Crippen LogP contribution in [0.3, 0.4) is 0 Å². The zero-order chi connectivity index (χ0) is 19.3. The quantitative estimate of drug-likeness (QED) is 0.699. The van der Waals surface area contributed by atoms with Crippen LogP contribution in [0.4, 0.5) is 9.59 Å². The number of cyclic esters (lactones) is 1. The minimum atomic E-state index is -0.850. The van der Waals surface area contributed by atoms with E-state index in [0.29, 0.717) is 12.3 Å². The Morgan fingerprint density at radius 3 is 2.38 bits per heavy atom. The Kier molecular flexibility index (Phi) is 6.88. The predicted molar refractivity (Wildman–Crippen MR) is 96.9 cm³/mol. The fourth-order valence-electron chi connectivity index (χ4n) is 3.09. The fraction of sp³-hybridized carbons (Fsp3) is 0.778. The molecule has 1 unspecified atom stereocenters. The van der Waals surface area contributed by atoms with Crippen molar-refractivity contribution in [3.8, 4) is 0 Å². The van der Waals surface area contributed by atoms with Crippen molar-refractivity contribution in [3.63, 3.8) is 0 Å². The molecule has 8 nitrogen and oxygen atoms in total. The van der Waals surface area contributed by atoms with Crippen molar-refractivity contribution in [3.05, 3.63) is 0 Å². The fourth-order valence-corrected chi connectivity index (χ4v) is 3.09. The third-order valence-corrected chi connectivity index (χ3v) is 4.51. The third kappa shape index (κ3) is 4.88. The van der Waals surface area contributed by atoms with Crippen LogP contribution in [0, 0.1) is 11.8 Å². The Hall–Kier alpha value is -1.80. The van der Waals surface area contributed by atoms with E-state index in [1.165, 1.54) is 0 Å². The van der Waals surface area contributed by atoms with E-state index in [-0.39, 0.29) is 30.6 Å². The number of nitrogens with zero attached hydrogens (tertiary/aromatic N) is 3. The lowest BCUT2D eigenvalue weighted by Gasteiger charge is -2.29. The predicted octanol–water partition coefficient (Wildman–Crippen LogP) is 3.04. The van der Waals surface area contributed by atoms with Crippen molar-refractivity contribution < 1.29 is 23.7 Å². The van der Waals surface area contributed by atoms with Gasteiger partial charge in [-0.2, -0.15) is 4.79 Å². The van der Waals surface area contributed by atoms with Crippen LogP contribution in [0.5, 0.6) is 0 Å². The van der Waals surface area contributed by atoms with Crippen LogP contribution in [0.25, 0.3) is 0 Å². The Bertz CT molecular complexity index is 582. The molecule has 146 valence electrons. The summed E-state index contributed by atoms with van der Waals surface area (Å²) in [6.45, 7) is 9.46. The van der Waals surface area contributed by atoms with Gasteiger partial charge < -0.3 is 4.74 Å². The summed E-state index contributed by atoms with van der Waals surface area (Å²) in [7, 11) is 0. The van der Waals surface area contributed by atoms with E-state index in [1.807, 2.05) is 32.7 Å². The van der Waals surface area contributed by atoms with E-state index in [2.05, 4.69) is 10.5 Å². The molecule has 0 radical (unpaired) electrons. The molecule has 0 aromatic carbocycles. The molecule has 0 saturated carbocycles. The van der Waals surface area contributed by atoms with Crippen LogP contribution >= 0.6 is 0 Å². The minimum Gasteiger partial charge on any atom is -0.350 e. The second-order valence-corrected chi connectivity index (χ2v) is 7.94. The minimum absolute atomic E-state index is 0.0171. The second kappa shape index (κ2) is 8.73. The summed E-state index contributed by atoms with van der Waals surface area (Å²) in [5, 5.41) is 5.99. The van der Waals surface area contributed by atoms with Gasteiger partial charge in [0.2, 0.25) is 5.78 Å². The highest BCUT2D eigenvalue weighted by molar-refractivity contribution is 6.38. The van der Waals surface area contributed by atoms with Gasteiger partial charge in [-0.1, -0.05) is 34.1 Å². The SMILES string of the molecule is CC(C)CCC(=O)C1=N[N+](CC(C)C)(C(=O)NN2CCCCC2)C(=O)O1. The van der Waals surface area contributed by atoms with E-state index in [9.17, 15) is 14.4 Å². The van der Waals surface area contributed by atoms with E-state index in [4.69, 9.17) is 4.74 Å². The molecule has 1 N–H and O–H groups in total. The van der Waals surface area contributed by atoms with Gasteiger partial charge in [-0.05, 0) is 34.9 Å². The maximum Gasteiger partial charge on any atom is 0.560 e. The monoisotopic (exact) mass is 367 g/mol. The van der Waals surface area contributed by atoms with Gasteiger partial charge in [0, 0.05) is 25.4 Å². The summed E-state index contributed by atoms with van der Waals surface area (Å²) in [6.07, 6.45) is 3.25. The first-order valence-corrected chi connectivity index (χ1v) is 9.54. The molecule has 2 rings (SSSR count). The Morgan fingerprint density at radius 2 is 1.81 bits per heavy atom. The molecule has 2 aliphatic heterocycles. The largest absolute Gasteiger partial charge is 0.560 e. The number of carbonyl (C=O) groups is 3. The molecular weight excluding hydrogens is 336 g/mol. The van der Waals surface area contributed by atoms with Crippen LogP contribution < -0.4 is 5.43 Å². The first-order valence-electron chi connectivity index (χ1n) is 9.54. The number of ether oxygens (including phenoxy) is 1. The van der Waals surface area contributed by atoms with Gasteiger partial charge in [0.15, 0.2) is 0 Å². The molecule has 0 bridgehead atoms. The molecule has 0 spiro atoms. The molecule has 1 fully saturated rings. The number of ketones is 1. The molecule has 1 saturated heterocycles. The molecule has 2 heterocycles. The smallest absolute Gasteiger partial charge is 0.350 e. The zero-order valence-corrected chi connectivity index (χ0v) is 16.3. The normalized spacial score (nSPS) is 23.9. The summed E-state index contributed by atoms with van der Waals surface area (Å²) in [4.78, 5) is 37.8. The van der Waals surface area contributed by atoms with E-state index >= 15 is 0 Å². The van der Waals surface area contributed by atoms with E-state index in [1.54, 1.807) is 0 Å². The van der Waals surface area contributed by atoms with E-state index in [0.717, 1.165) is 32.4 Å². The van der Waals surface area contributed by atoms with Gasteiger partial charge >= 0.3 is 18.0 Å². The first-order chi connectivity index (χ1) is 12.2. The topological polar surface area (TPSA) is 88.1 Å². The highest BCUT2D eigenvalue weighted by Gasteiger charge is 2.56. The number of imide groups is 1. The van der Waals surface area contributed by atoms with Crippen molar-refractivity contribution in [2.24, 2.45) is 16.9 Å². The first kappa shape index (κ1) is 20.5. The number of amides is 3. The molecule has 8 heteroatoms. The number of Topliss-reactive ketones (excluding diaryl/α,β-unsaturated/α-hetero) is 1. The van der Waals surface area contributed by atoms with Crippen molar-refractivity contribution >= 4 is 23.8 Å². The summed E-state index contributed by atoms with van der Waals surface area (Å²) in [6, 6.07) is -0.558. The molecule has 26 heavy (non-hydrogen) atoms. The van der Waals surface area contributed by atoms with Gasteiger partial charge in [-0.15, -0.1) is 0 Å². The van der Waals surface area contributed by atoms with Gasteiger partial charge in [-0.25, -0.2) is 15.2 Å². The Labute approximate surface area is 155 Å². The number of quaternary nitrogens is 1. The van der Waals surface area contributed by atoms with Crippen molar-refractivity contribution in [1.82, 2.24) is 10.4 Å². The van der Waals surface area contributed by atoms with Crippen LogP contribution in [-0.4, -0.2) is 53.0 Å². The van der Waals surface area contributed by atoms with Crippen LogP contribution in [-0.2, 0) is 9.53 Å². The van der Waals surface area contributed by atoms with Gasteiger partial charge in [-0.3, -0.25) is 4.79 Å². The Balaban J connectivity index is 2.19. The highest BCUT2D eigenvalue weighted by atomic mass is 16.6. The van der Waals surface area contributed by atoms with Gasteiger partial charge in [0.25, 0.3) is 0 Å². The molecular formula is C18H31N4O4+. The highest BCUT2D eigenvalue weighted by Crippen LogP contribution is 2.24. The number of nitrogens with one attached hydrogen (secondary N) is 1. The zero-order valence-electron chi connectivity index (χ0n) is 16.3. The van der Waals surface area contributed by atoms with Crippen LogP contribution in [0.2, 0.25) is 0 Å². The number of hydrogen-bond donors (Lipinski definition) is 1. The second-order valence-electron chi connectivity index (χ2n) is 7.94. The third-order valence-electron chi connectivity index (χ3n) is 4.51. The van der Waals surface area contributed by atoms with Gasteiger partial charge in [0.05, 0.1) is 0 Å². The molecule has 3 amide bonds. The number of rotatable bonds is 7. The number of hydrazine groups is 1. The van der Waals surface area contributed by atoms with Crippen molar-refractivity contribution in [2.45, 2.75) is 59.8 Å². The van der Waals surface area contributed by atoms with E-state index < -0.39 is 16.7 Å². The Morgan fingerprint density at radius 1 is 1.15 bits per heavy atom. The average molecular weight is 367 g/mol. The molecule has 2 aliphatic rings. The lowest BCUT2D eigenvalue weighted by Crippen LogP contribution is -2.60. The number of piperidine rings is 1. The molecule has 1 atom stereocenters. The maximum absolute atomic E-state index is 12.9. The van der Waals surface area contributed by atoms with Crippen molar-refractivity contribution in [2.75, 3.05) is 19.6 Å². The van der Waals surface area contributed by atoms with Crippen LogP contribution in [0.15, 0.2) is 5.10 Å². The van der Waals surface area contributed by atoms with Gasteiger partial charge in [0.1, 0.15) is 6.54 Å². The lowest BCUT2D eigenvalue weighted by atomic mass is 10.1. The summed E-state index contributed by atoms with van der Waals surface area (Å²) in [5.41, 5.74) is 2.79.